The largest absolute Gasteiger partial charge is 0.508 e. The maximum Gasteiger partial charge on any atom is 0.206 e. The lowest BCUT2D eigenvalue weighted by molar-refractivity contribution is 0.474. The highest BCUT2D eigenvalue weighted by molar-refractivity contribution is 7.91. The Morgan fingerprint density at radius 1 is 0.944 bits per heavy atom. The summed E-state index contributed by atoms with van der Waals surface area (Å²) in [6.45, 7) is 3.57. The topological polar surface area (TPSA) is 54.4 Å². The van der Waals surface area contributed by atoms with Crippen LogP contribution in [-0.4, -0.2) is 13.5 Å². The molecule has 94 valence electrons. The van der Waals surface area contributed by atoms with E-state index in [4.69, 9.17) is 0 Å². The van der Waals surface area contributed by atoms with E-state index in [0.717, 1.165) is 5.56 Å². The number of benzene rings is 2. The average molecular weight is 262 g/mol. The number of hydrogen-bond acceptors (Lipinski definition) is 3. The molecule has 1 N–H and O–H groups in total. The van der Waals surface area contributed by atoms with Crippen LogP contribution in [0.2, 0.25) is 0 Å². The van der Waals surface area contributed by atoms with Crippen molar-refractivity contribution in [1.29, 1.82) is 0 Å². The lowest BCUT2D eigenvalue weighted by Gasteiger charge is -2.08. The summed E-state index contributed by atoms with van der Waals surface area (Å²) in [6.07, 6.45) is 0. The van der Waals surface area contributed by atoms with Crippen molar-refractivity contribution in [2.24, 2.45) is 0 Å². The van der Waals surface area contributed by atoms with Gasteiger partial charge in [-0.3, -0.25) is 0 Å². The first kappa shape index (κ1) is 12.6. The normalized spacial score (nSPS) is 11.4. The standard InChI is InChI=1S/C14H14O3S/c1-10-3-6-13(7-4-10)18(16,17)14-8-5-12(15)9-11(14)2/h3-9,15H,1-2H3. The smallest absolute Gasteiger partial charge is 0.206 e. The molecule has 0 atom stereocenters. The number of phenolic OH excluding ortho intramolecular Hbond substituents is 1. The van der Waals surface area contributed by atoms with Gasteiger partial charge in [0.2, 0.25) is 9.84 Å². The molecule has 0 aliphatic rings. The third-order valence-electron chi connectivity index (χ3n) is 2.78. The van der Waals surface area contributed by atoms with Crippen LogP contribution in [0.1, 0.15) is 11.1 Å². The molecule has 2 aromatic rings. The van der Waals surface area contributed by atoms with Crippen LogP contribution in [0.25, 0.3) is 0 Å². The molecule has 0 bridgehead atoms. The maximum atomic E-state index is 12.4. The predicted molar refractivity (Wildman–Crippen MR) is 69.5 cm³/mol. The molecule has 0 heterocycles. The van der Waals surface area contributed by atoms with Crippen molar-refractivity contribution in [3.63, 3.8) is 0 Å². The van der Waals surface area contributed by atoms with Crippen molar-refractivity contribution in [2.45, 2.75) is 23.6 Å². The summed E-state index contributed by atoms with van der Waals surface area (Å²) in [5.74, 6) is 0.0651. The number of hydrogen-bond donors (Lipinski definition) is 1. The van der Waals surface area contributed by atoms with Gasteiger partial charge in [-0.1, -0.05) is 17.7 Å². The molecule has 2 rings (SSSR count). The van der Waals surface area contributed by atoms with Crippen molar-refractivity contribution >= 4 is 9.84 Å². The summed E-state index contributed by atoms with van der Waals surface area (Å²) < 4.78 is 24.8. The number of aromatic hydroxyl groups is 1. The first-order valence-electron chi connectivity index (χ1n) is 5.52. The summed E-state index contributed by atoms with van der Waals surface area (Å²) in [7, 11) is -3.51. The van der Waals surface area contributed by atoms with Gasteiger partial charge in [-0.15, -0.1) is 0 Å². The highest BCUT2D eigenvalue weighted by Gasteiger charge is 2.19. The first-order chi connectivity index (χ1) is 8.41. The van der Waals surface area contributed by atoms with Gasteiger partial charge in [-0.25, -0.2) is 8.42 Å². The third kappa shape index (κ3) is 2.24. The highest BCUT2D eigenvalue weighted by atomic mass is 32.2. The number of rotatable bonds is 2. The molecule has 0 unspecified atom stereocenters. The Morgan fingerprint density at radius 2 is 1.56 bits per heavy atom. The van der Waals surface area contributed by atoms with Gasteiger partial charge in [0.05, 0.1) is 9.79 Å². The van der Waals surface area contributed by atoms with Gasteiger partial charge in [-0.2, -0.15) is 0 Å². The van der Waals surface area contributed by atoms with Gasteiger partial charge in [0.25, 0.3) is 0 Å². The monoisotopic (exact) mass is 262 g/mol. The molecule has 0 aromatic heterocycles. The van der Waals surface area contributed by atoms with Crippen LogP contribution in [0.5, 0.6) is 5.75 Å². The molecule has 0 saturated heterocycles. The molecule has 2 aromatic carbocycles. The van der Waals surface area contributed by atoms with Crippen LogP contribution in [0.3, 0.4) is 0 Å². The van der Waals surface area contributed by atoms with Gasteiger partial charge in [0, 0.05) is 0 Å². The van der Waals surface area contributed by atoms with Crippen LogP contribution >= 0.6 is 0 Å². The Hall–Kier alpha value is -1.81. The number of phenols is 1. The molecule has 0 fully saturated rings. The van der Waals surface area contributed by atoms with Crippen LogP contribution in [0, 0.1) is 13.8 Å². The molecule has 0 radical (unpaired) electrons. The maximum absolute atomic E-state index is 12.4. The molecule has 0 saturated carbocycles. The SMILES string of the molecule is Cc1ccc(S(=O)(=O)c2ccc(O)cc2C)cc1. The summed E-state index contributed by atoms with van der Waals surface area (Å²) in [5.41, 5.74) is 1.55. The molecule has 0 spiro atoms. The minimum Gasteiger partial charge on any atom is -0.508 e. The van der Waals surface area contributed by atoms with Gasteiger partial charge in [0.1, 0.15) is 5.75 Å². The Balaban J connectivity index is 2.58. The van der Waals surface area contributed by atoms with Crippen LogP contribution in [0.4, 0.5) is 0 Å². The van der Waals surface area contributed by atoms with Gasteiger partial charge < -0.3 is 5.11 Å². The zero-order valence-electron chi connectivity index (χ0n) is 10.2. The third-order valence-corrected chi connectivity index (χ3v) is 4.71. The van der Waals surface area contributed by atoms with E-state index in [1.54, 1.807) is 31.2 Å². The Bertz CT molecular complexity index is 671. The Kier molecular flexibility index (Phi) is 3.13. The molecule has 3 nitrogen and oxygen atoms in total. The summed E-state index contributed by atoms with van der Waals surface area (Å²) in [4.78, 5) is 0.492. The fraction of sp³-hybridized carbons (Fsp3) is 0.143. The molecule has 4 heteroatoms. The zero-order valence-corrected chi connectivity index (χ0v) is 11.0. The van der Waals surface area contributed by atoms with E-state index in [9.17, 15) is 13.5 Å². The van der Waals surface area contributed by atoms with E-state index in [-0.39, 0.29) is 15.5 Å². The summed E-state index contributed by atoms with van der Waals surface area (Å²) in [5, 5.41) is 9.32. The van der Waals surface area contributed by atoms with Crippen molar-refractivity contribution < 1.29 is 13.5 Å². The summed E-state index contributed by atoms with van der Waals surface area (Å²) >= 11 is 0. The lowest BCUT2D eigenvalue weighted by Crippen LogP contribution is -2.03. The van der Waals surface area contributed by atoms with Crippen molar-refractivity contribution in [2.75, 3.05) is 0 Å². The van der Waals surface area contributed by atoms with E-state index in [1.165, 1.54) is 18.2 Å². The minimum absolute atomic E-state index is 0.0651. The second kappa shape index (κ2) is 4.46. The molecule has 0 amide bonds. The lowest BCUT2D eigenvalue weighted by atomic mass is 10.2. The van der Waals surface area contributed by atoms with E-state index >= 15 is 0 Å². The molecule has 0 aliphatic heterocycles. The highest BCUT2D eigenvalue weighted by Crippen LogP contribution is 2.26. The number of sulfone groups is 1. The average Bonchev–Trinajstić information content (AvgIpc) is 2.29. The van der Waals surface area contributed by atoms with Crippen molar-refractivity contribution in [3.8, 4) is 5.75 Å². The fourth-order valence-electron chi connectivity index (χ4n) is 1.78. The first-order valence-corrected chi connectivity index (χ1v) is 7.01. The molecular weight excluding hydrogens is 248 g/mol. The van der Waals surface area contributed by atoms with E-state index < -0.39 is 9.84 Å². The van der Waals surface area contributed by atoms with Crippen LogP contribution < -0.4 is 0 Å². The van der Waals surface area contributed by atoms with E-state index in [2.05, 4.69) is 0 Å². The van der Waals surface area contributed by atoms with Crippen molar-refractivity contribution in [3.05, 3.63) is 53.6 Å². The van der Waals surface area contributed by atoms with E-state index in [0.29, 0.717) is 5.56 Å². The van der Waals surface area contributed by atoms with E-state index in [1.807, 2.05) is 6.92 Å². The molecular formula is C14H14O3S. The quantitative estimate of drug-likeness (QED) is 0.905. The second-order valence-corrected chi connectivity index (χ2v) is 6.18. The summed E-state index contributed by atoms with van der Waals surface area (Å²) in [6, 6.07) is 11.0. The number of aryl methyl sites for hydroxylation is 2. The Labute approximate surface area is 107 Å². The van der Waals surface area contributed by atoms with Crippen LogP contribution in [0.15, 0.2) is 52.3 Å². The van der Waals surface area contributed by atoms with Gasteiger partial charge >= 0.3 is 0 Å². The minimum atomic E-state index is -3.51. The molecule has 0 aliphatic carbocycles. The molecule has 18 heavy (non-hydrogen) atoms. The van der Waals surface area contributed by atoms with Gasteiger partial charge in [-0.05, 0) is 49.7 Å². The van der Waals surface area contributed by atoms with Crippen molar-refractivity contribution in [1.82, 2.24) is 0 Å². The van der Waals surface area contributed by atoms with Gasteiger partial charge in [0.15, 0.2) is 0 Å². The van der Waals surface area contributed by atoms with Crippen LogP contribution in [-0.2, 0) is 9.84 Å². The predicted octanol–water partition coefficient (Wildman–Crippen LogP) is 2.84. The zero-order chi connectivity index (χ0) is 13.3. The Morgan fingerprint density at radius 3 is 2.11 bits per heavy atom. The second-order valence-electron chi connectivity index (χ2n) is 4.27. The fourth-order valence-corrected chi connectivity index (χ4v) is 3.26.